The Bertz CT molecular complexity index is 395. The van der Waals surface area contributed by atoms with E-state index in [9.17, 15) is 20.1 Å². The van der Waals surface area contributed by atoms with E-state index in [1.165, 1.54) is 58.3 Å². The van der Waals surface area contributed by atoms with Crippen molar-refractivity contribution in [2.24, 2.45) is 0 Å². The topological polar surface area (TPSA) is 108 Å². The van der Waals surface area contributed by atoms with Crippen LogP contribution in [0.1, 0.15) is 78.1 Å². The molecule has 0 aromatic carbocycles. The normalized spacial score (nSPS) is 28.3. The summed E-state index contributed by atoms with van der Waals surface area (Å²) in [6, 6.07) is -0.858. The summed E-state index contributed by atoms with van der Waals surface area (Å²) in [5.74, 6) is -0.343. The van der Waals surface area contributed by atoms with Crippen LogP contribution in [0.4, 0.5) is 0 Å². The van der Waals surface area contributed by atoms with Crippen LogP contribution in [0.15, 0.2) is 0 Å². The molecular weight excluding hydrogens is 350 g/mol. The van der Waals surface area contributed by atoms with E-state index in [1.54, 1.807) is 0 Å². The molecule has 0 aromatic rings. The first-order valence-corrected chi connectivity index (χ1v) is 10.5. The van der Waals surface area contributed by atoms with Crippen LogP contribution in [0, 0.1) is 0 Å². The van der Waals surface area contributed by atoms with Crippen molar-refractivity contribution >= 4 is 5.91 Å². The molecule has 0 aromatic heterocycles. The molecule has 7 nitrogen and oxygen atoms in total. The summed E-state index contributed by atoms with van der Waals surface area (Å²) in [5.41, 5.74) is 0. The highest BCUT2D eigenvalue weighted by Gasteiger charge is 2.45. The second-order valence-corrected chi connectivity index (χ2v) is 7.49. The average Bonchev–Trinajstić information content (AvgIpc) is 2.64. The standard InChI is InChI=1S/C20H39NO6/c1-3-4-5-6-7-8-9-10-11-12-13-26-20-17(21-15(2)23)19(25)18(24)16(14-22)27-20/h16-20,22,24-25H,3-14H2,1-2H3,(H,21,23)/t16-,17-,18+,19-,20-/m0/s1. The molecule has 5 atom stereocenters. The highest BCUT2D eigenvalue weighted by molar-refractivity contribution is 5.73. The number of ether oxygens (including phenoxy) is 2. The molecule has 160 valence electrons. The third-order valence-electron chi connectivity index (χ3n) is 5.03. The Balaban J connectivity index is 2.23. The number of amides is 1. The Morgan fingerprint density at radius 3 is 2.04 bits per heavy atom. The Kier molecular flexibility index (Phi) is 12.9. The summed E-state index contributed by atoms with van der Waals surface area (Å²) >= 11 is 0. The Morgan fingerprint density at radius 2 is 1.52 bits per heavy atom. The number of aliphatic hydroxyl groups is 3. The number of hydrogen-bond acceptors (Lipinski definition) is 6. The molecule has 1 fully saturated rings. The summed E-state index contributed by atoms with van der Waals surface area (Å²) in [6.07, 6.45) is 7.87. The van der Waals surface area contributed by atoms with E-state index >= 15 is 0 Å². The first kappa shape index (κ1) is 24.3. The third kappa shape index (κ3) is 9.34. The van der Waals surface area contributed by atoms with Gasteiger partial charge in [0.1, 0.15) is 24.4 Å². The number of aliphatic hydroxyl groups excluding tert-OH is 3. The molecule has 0 saturated carbocycles. The lowest BCUT2D eigenvalue weighted by molar-refractivity contribution is -0.270. The molecule has 7 heteroatoms. The van der Waals surface area contributed by atoms with Crippen LogP contribution < -0.4 is 5.32 Å². The van der Waals surface area contributed by atoms with Crippen LogP contribution in [0.3, 0.4) is 0 Å². The Hall–Kier alpha value is -0.730. The monoisotopic (exact) mass is 389 g/mol. The van der Waals surface area contributed by atoms with Gasteiger partial charge in [0, 0.05) is 13.5 Å². The fourth-order valence-electron chi connectivity index (χ4n) is 3.40. The summed E-state index contributed by atoms with van der Waals surface area (Å²) in [4.78, 5) is 11.4. The largest absolute Gasteiger partial charge is 0.394 e. The van der Waals surface area contributed by atoms with Crippen LogP contribution in [-0.4, -0.2) is 65.1 Å². The molecule has 4 N–H and O–H groups in total. The smallest absolute Gasteiger partial charge is 0.217 e. The Morgan fingerprint density at radius 1 is 0.963 bits per heavy atom. The molecule has 1 amide bonds. The van der Waals surface area contributed by atoms with Crippen LogP contribution in [0.2, 0.25) is 0 Å². The predicted molar refractivity (Wildman–Crippen MR) is 103 cm³/mol. The van der Waals surface area contributed by atoms with Gasteiger partial charge in [-0.3, -0.25) is 4.79 Å². The molecule has 1 heterocycles. The highest BCUT2D eigenvalue weighted by atomic mass is 16.7. The summed E-state index contributed by atoms with van der Waals surface area (Å²) in [7, 11) is 0. The summed E-state index contributed by atoms with van der Waals surface area (Å²) in [6.45, 7) is 3.57. The fraction of sp³-hybridized carbons (Fsp3) is 0.950. The minimum absolute atomic E-state index is 0.343. The molecule has 1 saturated heterocycles. The van der Waals surface area contributed by atoms with Crippen LogP contribution >= 0.6 is 0 Å². The number of unbranched alkanes of at least 4 members (excludes halogenated alkanes) is 9. The highest BCUT2D eigenvalue weighted by Crippen LogP contribution is 2.22. The van der Waals surface area contributed by atoms with Crippen molar-refractivity contribution in [3.8, 4) is 0 Å². The minimum atomic E-state index is -1.27. The van der Waals surface area contributed by atoms with Crippen LogP contribution in [0.5, 0.6) is 0 Å². The van der Waals surface area contributed by atoms with Gasteiger partial charge in [-0.25, -0.2) is 0 Å². The number of hydrogen-bond donors (Lipinski definition) is 4. The molecule has 1 rings (SSSR count). The van der Waals surface area contributed by atoms with E-state index in [2.05, 4.69) is 12.2 Å². The maximum Gasteiger partial charge on any atom is 0.217 e. The van der Waals surface area contributed by atoms with Gasteiger partial charge in [0.2, 0.25) is 5.91 Å². The second kappa shape index (κ2) is 14.3. The molecule has 1 aliphatic rings. The molecule has 0 bridgehead atoms. The molecule has 0 aliphatic carbocycles. The van der Waals surface area contributed by atoms with Crippen molar-refractivity contribution in [2.75, 3.05) is 13.2 Å². The van der Waals surface area contributed by atoms with Crippen molar-refractivity contribution in [2.45, 2.75) is 109 Å². The van der Waals surface area contributed by atoms with E-state index in [0.717, 1.165) is 12.8 Å². The van der Waals surface area contributed by atoms with Crippen molar-refractivity contribution in [3.05, 3.63) is 0 Å². The van der Waals surface area contributed by atoms with Gasteiger partial charge in [-0.05, 0) is 6.42 Å². The Labute approximate surface area is 163 Å². The van der Waals surface area contributed by atoms with Crippen LogP contribution in [-0.2, 0) is 14.3 Å². The van der Waals surface area contributed by atoms with E-state index in [4.69, 9.17) is 9.47 Å². The van der Waals surface area contributed by atoms with E-state index < -0.39 is 37.3 Å². The van der Waals surface area contributed by atoms with Crippen molar-refractivity contribution in [1.29, 1.82) is 0 Å². The summed E-state index contributed by atoms with van der Waals surface area (Å²) in [5, 5.41) is 32.0. The lowest BCUT2D eigenvalue weighted by Crippen LogP contribution is -2.64. The first-order chi connectivity index (χ1) is 13.0. The third-order valence-corrected chi connectivity index (χ3v) is 5.03. The molecule has 0 unspecified atom stereocenters. The van der Waals surface area contributed by atoms with Gasteiger partial charge in [-0.15, -0.1) is 0 Å². The van der Waals surface area contributed by atoms with Gasteiger partial charge in [-0.2, -0.15) is 0 Å². The van der Waals surface area contributed by atoms with Crippen molar-refractivity contribution in [3.63, 3.8) is 0 Å². The zero-order valence-electron chi connectivity index (χ0n) is 16.9. The molecular formula is C20H39NO6. The number of nitrogens with one attached hydrogen (secondary N) is 1. The van der Waals surface area contributed by atoms with E-state index in [1.807, 2.05) is 0 Å². The van der Waals surface area contributed by atoms with Gasteiger partial charge >= 0.3 is 0 Å². The second-order valence-electron chi connectivity index (χ2n) is 7.49. The van der Waals surface area contributed by atoms with E-state index in [-0.39, 0.29) is 5.91 Å². The lowest BCUT2D eigenvalue weighted by Gasteiger charge is -2.42. The van der Waals surface area contributed by atoms with E-state index in [0.29, 0.717) is 6.61 Å². The summed E-state index contributed by atoms with van der Waals surface area (Å²) < 4.78 is 11.2. The van der Waals surface area contributed by atoms with Gasteiger partial charge in [0.15, 0.2) is 6.29 Å². The fourth-order valence-corrected chi connectivity index (χ4v) is 3.40. The van der Waals surface area contributed by atoms with Gasteiger partial charge in [-0.1, -0.05) is 64.7 Å². The molecule has 27 heavy (non-hydrogen) atoms. The zero-order chi connectivity index (χ0) is 20.1. The van der Waals surface area contributed by atoms with Gasteiger partial charge in [0.05, 0.1) is 6.61 Å². The quantitative estimate of drug-likeness (QED) is 0.338. The van der Waals surface area contributed by atoms with Crippen molar-refractivity contribution < 1.29 is 29.6 Å². The molecule has 1 aliphatic heterocycles. The zero-order valence-corrected chi connectivity index (χ0v) is 16.9. The maximum atomic E-state index is 11.4. The van der Waals surface area contributed by atoms with Crippen LogP contribution in [0.25, 0.3) is 0 Å². The lowest BCUT2D eigenvalue weighted by atomic mass is 9.97. The molecule has 0 spiro atoms. The minimum Gasteiger partial charge on any atom is -0.394 e. The first-order valence-electron chi connectivity index (χ1n) is 10.5. The number of carbonyl (C=O) groups excluding carboxylic acids is 1. The van der Waals surface area contributed by atoms with Gasteiger partial charge in [0.25, 0.3) is 0 Å². The predicted octanol–water partition coefficient (Wildman–Crippen LogP) is 1.87. The average molecular weight is 390 g/mol. The number of carbonyl (C=O) groups is 1. The SMILES string of the molecule is CCCCCCCCCCCCO[C@H]1O[C@@H](CO)[C@@H](O)[C@@H](O)[C@@H]1NC(C)=O. The number of rotatable bonds is 14. The van der Waals surface area contributed by atoms with Gasteiger partial charge < -0.3 is 30.1 Å². The maximum absolute atomic E-state index is 11.4. The van der Waals surface area contributed by atoms with Crippen molar-refractivity contribution in [1.82, 2.24) is 5.32 Å². The molecule has 0 radical (unpaired) electrons.